The molecule has 3 heteroatoms. The summed E-state index contributed by atoms with van der Waals surface area (Å²) in [7, 11) is 0. The SMILES string of the molecule is CC(C)CC(C)Nc1ccc(OC(C)C)c(Cl)c1. The van der Waals surface area contributed by atoms with Gasteiger partial charge in [-0.3, -0.25) is 0 Å². The molecule has 1 unspecified atom stereocenters. The molecule has 0 bridgehead atoms. The highest BCUT2D eigenvalue weighted by molar-refractivity contribution is 6.32. The predicted octanol–water partition coefficient (Wildman–Crippen LogP) is 4.97. The van der Waals surface area contributed by atoms with Crippen LogP contribution in [-0.2, 0) is 0 Å². The number of anilines is 1. The maximum atomic E-state index is 6.20. The summed E-state index contributed by atoms with van der Waals surface area (Å²) in [6.07, 6.45) is 1.28. The third-order valence-corrected chi connectivity index (χ3v) is 2.83. The molecule has 1 atom stereocenters. The van der Waals surface area contributed by atoms with E-state index in [-0.39, 0.29) is 6.10 Å². The Bertz CT molecular complexity index is 377. The number of ether oxygens (including phenoxy) is 1. The molecule has 0 amide bonds. The van der Waals surface area contributed by atoms with Gasteiger partial charge in [-0.15, -0.1) is 0 Å². The lowest BCUT2D eigenvalue weighted by Crippen LogP contribution is -2.17. The van der Waals surface area contributed by atoms with Crippen molar-refractivity contribution < 1.29 is 4.74 Å². The number of rotatable bonds is 6. The van der Waals surface area contributed by atoms with E-state index in [2.05, 4.69) is 26.1 Å². The van der Waals surface area contributed by atoms with E-state index in [0.717, 1.165) is 17.9 Å². The molecule has 18 heavy (non-hydrogen) atoms. The lowest BCUT2D eigenvalue weighted by atomic mass is 10.1. The van der Waals surface area contributed by atoms with Crippen molar-refractivity contribution in [3.05, 3.63) is 23.2 Å². The van der Waals surface area contributed by atoms with Crippen LogP contribution in [0.4, 0.5) is 5.69 Å². The summed E-state index contributed by atoms with van der Waals surface area (Å²) < 4.78 is 5.61. The minimum atomic E-state index is 0.140. The number of nitrogens with one attached hydrogen (secondary N) is 1. The lowest BCUT2D eigenvalue weighted by molar-refractivity contribution is 0.242. The molecule has 102 valence electrons. The number of hydrogen-bond donors (Lipinski definition) is 1. The van der Waals surface area contributed by atoms with E-state index in [1.165, 1.54) is 0 Å². The highest BCUT2D eigenvalue weighted by Crippen LogP contribution is 2.29. The van der Waals surface area contributed by atoms with Gasteiger partial charge in [0.1, 0.15) is 5.75 Å². The van der Waals surface area contributed by atoms with Gasteiger partial charge < -0.3 is 10.1 Å². The van der Waals surface area contributed by atoms with Crippen molar-refractivity contribution in [1.29, 1.82) is 0 Å². The van der Waals surface area contributed by atoms with Gasteiger partial charge in [0.25, 0.3) is 0 Å². The molecule has 0 fully saturated rings. The van der Waals surface area contributed by atoms with E-state index < -0.39 is 0 Å². The van der Waals surface area contributed by atoms with Crippen LogP contribution in [0.1, 0.15) is 41.0 Å². The molecule has 0 aliphatic heterocycles. The van der Waals surface area contributed by atoms with Crippen molar-refractivity contribution in [2.45, 2.75) is 53.2 Å². The zero-order chi connectivity index (χ0) is 13.7. The topological polar surface area (TPSA) is 21.3 Å². The zero-order valence-electron chi connectivity index (χ0n) is 12.0. The van der Waals surface area contributed by atoms with Crippen LogP contribution in [0.3, 0.4) is 0 Å². The van der Waals surface area contributed by atoms with Crippen LogP contribution in [0.25, 0.3) is 0 Å². The molecule has 1 aromatic carbocycles. The first-order valence-corrected chi connectivity index (χ1v) is 6.99. The fourth-order valence-electron chi connectivity index (χ4n) is 1.99. The first-order chi connectivity index (χ1) is 8.38. The fourth-order valence-corrected chi connectivity index (χ4v) is 2.22. The largest absolute Gasteiger partial charge is 0.489 e. The van der Waals surface area contributed by atoms with Gasteiger partial charge >= 0.3 is 0 Å². The molecule has 0 aliphatic rings. The molecule has 1 rings (SSSR count). The van der Waals surface area contributed by atoms with Gasteiger partial charge in [0.05, 0.1) is 11.1 Å². The number of hydrogen-bond acceptors (Lipinski definition) is 2. The van der Waals surface area contributed by atoms with Crippen LogP contribution in [0.5, 0.6) is 5.75 Å². The third-order valence-electron chi connectivity index (χ3n) is 2.53. The Morgan fingerprint density at radius 3 is 2.33 bits per heavy atom. The van der Waals surface area contributed by atoms with Crippen molar-refractivity contribution in [2.75, 3.05) is 5.32 Å². The predicted molar refractivity (Wildman–Crippen MR) is 79.8 cm³/mol. The van der Waals surface area contributed by atoms with Crippen LogP contribution >= 0.6 is 11.6 Å². The van der Waals surface area contributed by atoms with Crippen LogP contribution in [-0.4, -0.2) is 12.1 Å². The molecule has 0 spiro atoms. The second kappa shape index (κ2) is 6.89. The smallest absolute Gasteiger partial charge is 0.138 e. The molecule has 0 saturated heterocycles. The van der Waals surface area contributed by atoms with E-state index in [9.17, 15) is 0 Å². The Balaban J connectivity index is 2.66. The van der Waals surface area contributed by atoms with Crippen LogP contribution in [0.15, 0.2) is 18.2 Å². The summed E-state index contributed by atoms with van der Waals surface area (Å²) in [5.41, 5.74) is 1.05. The van der Waals surface area contributed by atoms with E-state index in [1.54, 1.807) is 0 Å². The molecule has 1 N–H and O–H groups in total. The second-order valence-electron chi connectivity index (χ2n) is 5.49. The molecule has 0 heterocycles. The van der Waals surface area contributed by atoms with E-state index in [1.807, 2.05) is 32.0 Å². The highest BCUT2D eigenvalue weighted by Gasteiger charge is 2.08. The normalized spacial score (nSPS) is 12.9. The summed E-state index contributed by atoms with van der Waals surface area (Å²) in [5.74, 6) is 1.43. The molecule has 0 aromatic heterocycles. The van der Waals surface area contributed by atoms with E-state index in [4.69, 9.17) is 16.3 Å². The van der Waals surface area contributed by atoms with Crippen molar-refractivity contribution in [3.8, 4) is 5.75 Å². The van der Waals surface area contributed by atoms with Gasteiger partial charge in [-0.2, -0.15) is 0 Å². The lowest BCUT2D eigenvalue weighted by Gasteiger charge is -2.18. The molecule has 0 radical (unpaired) electrons. The van der Waals surface area contributed by atoms with E-state index >= 15 is 0 Å². The molecule has 1 aromatic rings. The Kier molecular flexibility index (Phi) is 5.80. The van der Waals surface area contributed by atoms with Gasteiger partial charge in [-0.1, -0.05) is 25.4 Å². The first-order valence-electron chi connectivity index (χ1n) is 6.61. The quantitative estimate of drug-likeness (QED) is 0.787. The summed E-state index contributed by atoms with van der Waals surface area (Å²) in [5, 5.41) is 4.11. The first kappa shape index (κ1) is 15.2. The van der Waals surface area contributed by atoms with E-state index in [0.29, 0.717) is 17.0 Å². The Morgan fingerprint density at radius 2 is 1.83 bits per heavy atom. The summed E-state index contributed by atoms with van der Waals surface area (Å²) in [6, 6.07) is 6.31. The van der Waals surface area contributed by atoms with Crippen molar-refractivity contribution in [2.24, 2.45) is 5.92 Å². The summed E-state index contributed by atoms with van der Waals surface area (Å²) in [4.78, 5) is 0. The van der Waals surface area contributed by atoms with Gasteiger partial charge in [-0.05, 0) is 51.3 Å². The maximum Gasteiger partial charge on any atom is 0.138 e. The van der Waals surface area contributed by atoms with Crippen LogP contribution in [0.2, 0.25) is 5.02 Å². The molecule has 0 aliphatic carbocycles. The Labute approximate surface area is 116 Å². The van der Waals surface area contributed by atoms with Crippen LogP contribution in [0, 0.1) is 5.92 Å². The Morgan fingerprint density at radius 1 is 1.17 bits per heavy atom. The highest BCUT2D eigenvalue weighted by atomic mass is 35.5. The van der Waals surface area contributed by atoms with Gasteiger partial charge in [0, 0.05) is 11.7 Å². The summed E-state index contributed by atoms with van der Waals surface area (Å²) in [6.45, 7) is 10.6. The standard InChI is InChI=1S/C15H24ClNO/c1-10(2)8-12(5)17-13-6-7-15(14(16)9-13)18-11(3)4/h6-7,9-12,17H,8H2,1-5H3. The minimum absolute atomic E-state index is 0.140. The Hall–Kier alpha value is -0.890. The average molecular weight is 270 g/mol. The molecule has 2 nitrogen and oxygen atoms in total. The van der Waals surface area contributed by atoms with Gasteiger partial charge in [0.2, 0.25) is 0 Å². The second-order valence-corrected chi connectivity index (χ2v) is 5.89. The van der Waals surface area contributed by atoms with Crippen LogP contribution < -0.4 is 10.1 Å². The zero-order valence-corrected chi connectivity index (χ0v) is 12.7. The molecular weight excluding hydrogens is 246 g/mol. The number of halogens is 1. The third kappa shape index (κ3) is 5.18. The minimum Gasteiger partial charge on any atom is -0.489 e. The van der Waals surface area contributed by atoms with Crippen molar-refractivity contribution in [1.82, 2.24) is 0 Å². The van der Waals surface area contributed by atoms with Crippen molar-refractivity contribution in [3.63, 3.8) is 0 Å². The monoisotopic (exact) mass is 269 g/mol. The fraction of sp³-hybridized carbons (Fsp3) is 0.600. The van der Waals surface area contributed by atoms with Gasteiger partial charge in [-0.25, -0.2) is 0 Å². The molecule has 0 saturated carbocycles. The summed E-state index contributed by atoms with van der Waals surface area (Å²) >= 11 is 6.20. The van der Waals surface area contributed by atoms with Crippen molar-refractivity contribution >= 4 is 17.3 Å². The molecular formula is C15H24ClNO. The maximum absolute atomic E-state index is 6.20. The average Bonchev–Trinajstić information content (AvgIpc) is 2.20. The number of benzene rings is 1. The van der Waals surface area contributed by atoms with Gasteiger partial charge in [0.15, 0.2) is 0 Å².